The van der Waals surface area contributed by atoms with Crippen LogP contribution in [-0.4, -0.2) is 30.3 Å². The third kappa shape index (κ3) is 1.45. The highest BCUT2D eigenvalue weighted by Crippen LogP contribution is 2.08. The molecule has 0 bridgehead atoms. The molecule has 1 rings (SSSR count). The zero-order valence-corrected chi connectivity index (χ0v) is 6.50. The summed E-state index contributed by atoms with van der Waals surface area (Å²) in [6, 6.07) is 0.130. The van der Waals surface area contributed by atoms with Gasteiger partial charge in [0.1, 0.15) is 5.78 Å². The number of nitrogens with zero attached hydrogens (tertiary/aromatic N) is 1. The molecule has 0 aliphatic carbocycles. The van der Waals surface area contributed by atoms with Crippen LogP contribution in [0.25, 0.3) is 0 Å². The number of ketones is 1. The van der Waals surface area contributed by atoms with Crippen LogP contribution in [-0.2, 0) is 4.79 Å². The Morgan fingerprint density at radius 2 is 2.30 bits per heavy atom. The quantitative estimate of drug-likeness (QED) is 0.502. The van der Waals surface area contributed by atoms with Crippen molar-refractivity contribution in [1.82, 2.24) is 4.90 Å². The molecule has 2 heteroatoms. The standard InChI is InChI=1S/C8H13NO/c1-7(10)8-5-3-4-6-9(8)2/h3-4,8H,5-6H2,1-2H3. The second-order valence-electron chi connectivity index (χ2n) is 2.77. The molecule has 0 fully saturated rings. The fourth-order valence-electron chi connectivity index (χ4n) is 1.25. The Morgan fingerprint density at radius 3 is 2.70 bits per heavy atom. The van der Waals surface area contributed by atoms with E-state index in [1.807, 2.05) is 7.05 Å². The van der Waals surface area contributed by atoms with E-state index in [4.69, 9.17) is 0 Å². The Kier molecular flexibility index (Phi) is 2.22. The first-order valence-corrected chi connectivity index (χ1v) is 3.57. The Labute approximate surface area is 61.5 Å². The van der Waals surface area contributed by atoms with Gasteiger partial charge in [0.25, 0.3) is 0 Å². The van der Waals surface area contributed by atoms with E-state index in [1.54, 1.807) is 6.92 Å². The van der Waals surface area contributed by atoms with Crippen LogP contribution >= 0.6 is 0 Å². The molecule has 10 heavy (non-hydrogen) atoms. The van der Waals surface area contributed by atoms with E-state index in [0.29, 0.717) is 0 Å². The molecule has 56 valence electrons. The Balaban J connectivity index is 2.59. The lowest BCUT2D eigenvalue weighted by molar-refractivity contribution is -0.121. The lowest BCUT2D eigenvalue weighted by atomic mass is 10.1. The van der Waals surface area contributed by atoms with Gasteiger partial charge in [0.15, 0.2) is 0 Å². The van der Waals surface area contributed by atoms with Crippen molar-refractivity contribution in [2.75, 3.05) is 13.6 Å². The minimum atomic E-state index is 0.130. The van der Waals surface area contributed by atoms with E-state index in [-0.39, 0.29) is 11.8 Å². The van der Waals surface area contributed by atoms with E-state index in [1.165, 1.54) is 0 Å². The molecule has 1 aliphatic heterocycles. The maximum Gasteiger partial charge on any atom is 0.147 e. The van der Waals surface area contributed by atoms with Crippen molar-refractivity contribution in [3.8, 4) is 0 Å². The topological polar surface area (TPSA) is 20.3 Å². The summed E-state index contributed by atoms with van der Waals surface area (Å²) in [5.74, 6) is 0.270. The second kappa shape index (κ2) is 2.97. The summed E-state index contributed by atoms with van der Waals surface area (Å²) in [6.07, 6.45) is 5.05. The van der Waals surface area contributed by atoms with Crippen molar-refractivity contribution in [3.05, 3.63) is 12.2 Å². The van der Waals surface area contributed by atoms with E-state index < -0.39 is 0 Å². The molecule has 0 radical (unpaired) electrons. The first kappa shape index (κ1) is 7.48. The van der Waals surface area contributed by atoms with Crippen molar-refractivity contribution < 1.29 is 4.79 Å². The maximum atomic E-state index is 10.9. The van der Waals surface area contributed by atoms with Gasteiger partial charge in [0, 0.05) is 6.54 Å². The minimum absolute atomic E-state index is 0.130. The Bertz CT molecular complexity index is 163. The lowest BCUT2D eigenvalue weighted by Crippen LogP contribution is -2.38. The number of carbonyl (C=O) groups excluding carboxylic acids is 1. The Hall–Kier alpha value is -0.630. The smallest absolute Gasteiger partial charge is 0.147 e. The van der Waals surface area contributed by atoms with Crippen LogP contribution in [0.5, 0.6) is 0 Å². The number of Topliss-reactive ketones (excluding diaryl/α,β-unsaturated/α-hetero) is 1. The normalized spacial score (nSPS) is 26.8. The molecule has 0 spiro atoms. The number of rotatable bonds is 1. The molecule has 0 amide bonds. The van der Waals surface area contributed by atoms with Crippen LogP contribution in [0.15, 0.2) is 12.2 Å². The average Bonchev–Trinajstić information content (AvgIpc) is 1.88. The van der Waals surface area contributed by atoms with Gasteiger partial charge >= 0.3 is 0 Å². The fraction of sp³-hybridized carbons (Fsp3) is 0.625. The molecule has 0 aromatic rings. The van der Waals surface area contributed by atoms with Gasteiger partial charge in [-0.25, -0.2) is 0 Å². The summed E-state index contributed by atoms with van der Waals surface area (Å²) in [6.45, 7) is 2.56. The van der Waals surface area contributed by atoms with E-state index >= 15 is 0 Å². The van der Waals surface area contributed by atoms with Gasteiger partial charge in [0.05, 0.1) is 6.04 Å². The predicted molar refractivity (Wildman–Crippen MR) is 40.9 cm³/mol. The molecular weight excluding hydrogens is 126 g/mol. The van der Waals surface area contributed by atoms with Crippen LogP contribution in [0.4, 0.5) is 0 Å². The first-order valence-electron chi connectivity index (χ1n) is 3.57. The first-order chi connectivity index (χ1) is 4.72. The van der Waals surface area contributed by atoms with Gasteiger partial charge in [-0.1, -0.05) is 12.2 Å². The van der Waals surface area contributed by atoms with Crippen LogP contribution in [0.1, 0.15) is 13.3 Å². The van der Waals surface area contributed by atoms with Crippen LogP contribution in [0.3, 0.4) is 0 Å². The third-order valence-corrected chi connectivity index (χ3v) is 1.92. The van der Waals surface area contributed by atoms with Gasteiger partial charge in [-0.3, -0.25) is 9.69 Å². The highest BCUT2D eigenvalue weighted by Gasteiger charge is 2.18. The molecule has 2 nitrogen and oxygen atoms in total. The molecule has 0 saturated carbocycles. The SMILES string of the molecule is CC(=O)C1CC=CCN1C. The summed E-state index contributed by atoms with van der Waals surface area (Å²) in [5.41, 5.74) is 0. The summed E-state index contributed by atoms with van der Waals surface area (Å²) in [7, 11) is 1.98. The van der Waals surface area contributed by atoms with Crippen LogP contribution < -0.4 is 0 Å². The van der Waals surface area contributed by atoms with E-state index in [9.17, 15) is 4.79 Å². The molecule has 0 N–H and O–H groups in total. The molecule has 0 saturated heterocycles. The van der Waals surface area contributed by atoms with E-state index in [2.05, 4.69) is 17.1 Å². The van der Waals surface area contributed by atoms with Crippen molar-refractivity contribution in [2.45, 2.75) is 19.4 Å². The lowest BCUT2D eigenvalue weighted by Gasteiger charge is -2.26. The Morgan fingerprint density at radius 1 is 1.60 bits per heavy atom. The summed E-state index contributed by atoms with van der Waals surface area (Å²) in [4.78, 5) is 13.0. The average molecular weight is 139 g/mol. The fourth-order valence-corrected chi connectivity index (χ4v) is 1.25. The third-order valence-electron chi connectivity index (χ3n) is 1.92. The summed E-state index contributed by atoms with van der Waals surface area (Å²) >= 11 is 0. The summed E-state index contributed by atoms with van der Waals surface area (Å²) in [5, 5.41) is 0. The predicted octanol–water partition coefficient (Wildman–Crippen LogP) is 0.836. The van der Waals surface area contributed by atoms with Gasteiger partial charge in [-0.05, 0) is 20.4 Å². The molecule has 1 unspecified atom stereocenters. The van der Waals surface area contributed by atoms with Gasteiger partial charge in [0.2, 0.25) is 0 Å². The van der Waals surface area contributed by atoms with Crippen molar-refractivity contribution in [2.24, 2.45) is 0 Å². The number of hydrogen-bond acceptors (Lipinski definition) is 2. The second-order valence-corrected chi connectivity index (χ2v) is 2.77. The molecule has 1 atom stereocenters. The number of likely N-dealkylation sites (N-methyl/N-ethyl adjacent to an activating group) is 1. The molecule has 1 aliphatic rings. The van der Waals surface area contributed by atoms with Crippen molar-refractivity contribution >= 4 is 5.78 Å². The highest BCUT2D eigenvalue weighted by atomic mass is 16.1. The number of hydrogen-bond donors (Lipinski definition) is 0. The van der Waals surface area contributed by atoms with Gasteiger partial charge < -0.3 is 0 Å². The van der Waals surface area contributed by atoms with E-state index in [0.717, 1.165) is 13.0 Å². The molecule has 0 aromatic heterocycles. The maximum absolute atomic E-state index is 10.9. The zero-order valence-electron chi connectivity index (χ0n) is 6.50. The van der Waals surface area contributed by atoms with Crippen LogP contribution in [0.2, 0.25) is 0 Å². The van der Waals surface area contributed by atoms with Gasteiger partial charge in [-0.15, -0.1) is 0 Å². The molecular formula is C8H13NO. The molecule has 1 heterocycles. The molecule has 0 aromatic carbocycles. The minimum Gasteiger partial charge on any atom is -0.298 e. The van der Waals surface area contributed by atoms with Gasteiger partial charge in [-0.2, -0.15) is 0 Å². The highest BCUT2D eigenvalue weighted by molar-refractivity contribution is 5.81. The largest absolute Gasteiger partial charge is 0.298 e. The number of carbonyl (C=O) groups is 1. The van der Waals surface area contributed by atoms with Crippen LogP contribution in [0, 0.1) is 0 Å². The zero-order chi connectivity index (χ0) is 7.56. The van der Waals surface area contributed by atoms with Crippen molar-refractivity contribution in [1.29, 1.82) is 0 Å². The summed E-state index contributed by atoms with van der Waals surface area (Å²) < 4.78 is 0. The van der Waals surface area contributed by atoms with Crippen molar-refractivity contribution in [3.63, 3.8) is 0 Å². The monoisotopic (exact) mass is 139 g/mol.